The zero-order chi connectivity index (χ0) is 27.4. The topological polar surface area (TPSA) is 138 Å². The lowest BCUT2D eigenvalue weighted by Crippen LogP contribution is -2.64. The van der Waals surface area contributed by atoms with Gasteiger partial charge in [0.1, 0.15) is 29.5 Å². The van der Waals surface area contributed by atoms with Crippen molar-refractivity contribution in [3.05, 3.63) is 81.0 Å². The van der Waals surface area contributed by atoms with Gasteiger partial charge in [0.25, 0.3) is 11.6 Å². The zero-order valence-corrected chi connectivity index (χ0v) is 21.7. The highest BCUT2D eigenvalue weighted by Crippen LogP contribution is 2.43. The molecule has 0 radical (unpaired) electrons. The number of fused-ring (bicyclic) bond motifs is 1. The number of esters is 2. The first-order valence-corrected chi connectivity index (χ1v) is 12.7. The molecule has 0 N–H and O–H groups in total. The van der Waals surface area contributed by atoms with Crippen LogP contribution in [0.4, 0.5) is 5.69 Å². The molecule has 0 saturated carbocycles. The fourth-order valence-corrected chi connectivity index (χ4v) is 5.48. The lowest BCUT2D eigenvalue weighted by molar-refractivity contribution is -0.384. The van der Waals surface area contributed by atoms with E-state index in [1.165, 1.54) is 54.1 Å². The second-order valence-corrected chi connectivity index (χ2v) is 9.64. The number of carbonyl (C=O) groups excluding carboxylic acids is 3. The van der Waals surface area contributed by atoms with Crippen molar-refractivity contribution in [3.63, 3.8) is 0 Å². The maximum Gasteiger partial charge on any atom is 0.355 e. The number of rotatable bonds is 9. The molecule has 2 aromatic rings. The molecule has 1 unspecified atom stereocenters. The van der Waals surface area contributed by atoms with Gasteiger partial charge >= 0.3 is 11.9 Å². The van der Waals surface area contributed by atoms with Crippen molar-refractivity contribution in [2.75, 3.05) is 12.9 Å². The lowest BCUT2D eigenvalue weighted by Gasteiger charge is -2.48. The van der Waals surface area contributed by atoms with E-state index >= 15 is 0 Å². The van der Waals surface area contributed by atoms with Crippen molar-refractivity contribution < 1.29 is 33.5 Å². The van der Waals surface area contributed by atoms with Crippen LogP contribution in [0.5, 0.6) is 5.75 Å². The van der Waals surface area contributed by atoms with E-state index in [4.69, 9.17) is 14.2 Å². The minimum Gasteiger partial charge on any atom is -0.497 e. The number of hydrogen-bond acceptors (Lipinski definition) is 10. The predicted molar refractivity (Wildman–Crippen MR) is 139 cm³/mol. The Balaban J connectivity index is 1.53. The van der Waals surface area contributed by atoms with Gasteiger partial charge < -0.3 is 14.2 Å². The SMILES string of the molecule is COc1ccc(COC(=O)C2=C(C(C)OC(C)=O)CS[C@H]3[C@@H](N=Cc4ccc([N+](=O)[O-])cc4)C(=O)N23)cc1. The number of methoxy groups -OCH3 is 1. The number of nitro groups is 1. The van der Waals surface area contributed by atoms with E-state index in [0.717, 1.165) is 5.56 Å². The van der Waals surface area contributed by atoms with Gasteiger partial charge in [-0.05, 0) is 42.3 Å². The summed E-state index contributed by atoms with van der Waals surface area (Å²) in [6, 6.07) is 12.1. The number of ether oxygens (including phenoxy) is 3. The Labute approximate surface area is 222 Å². The molecule has 11 nitrogen and oxygen atoms in total. The first-order chi connectivity index (χ1) is 18.2. The number of non-ortho nitro benzene ring substituents is 1. The minimum absolute atomic E-state index is 0.0247. The normalized spacial score (nSPS) is 19.4. The number of β-lactam (4-membered cyclic amide) rings is 1. The molecule has 2 aliphatic rings. The fraction of sp³-hybridized carbons (Fsp3) is 0.308. The highest BCUT2D eigenvalue weighted by molar-refractivity contribution is 8.00. The van der Waals surface area contributed by atoms with Crippen LogP contribution in [0.15, 0.2) is 64.8 Å². The standard InChI is InChI=1S/C26H25N3O8S/c1-15(37-16(2)30)21-14-38-25-22(27-12-17-4-8-19(9-5-17)29(33)34)24(31)28(25)23(21)26(32)36-13-18-6-10-20(35-3)11-7-18/h4-12,15,22,25H,13-14H2,1-3H3/t15?,22-,25-/m0/s1. The molecular formula is C26H25N3O8S. The highest BCUT2D eigenvalue weighted by atomic mass is 32.2. The van der Waals surface area contributed by atoms with Gasteiger partial charge in [-0.2, -0.15) is 0 Å². The van der Waals surface area contributed by atoms with Gasteiger partial charge in [0.2, 0.25) is 0 Å². The average molecular weight is 540 g/mol. The van der Waals surface area contributed by atoms with Crippen molar-refractivity contribution in [1.29, 1.82) is 0 Å². The van der Waals surface area contributed by atoms with Crippen molar-refractivity contribution in [2.45, 2.75) is 38.0 Å². The van der Waals surface area contributed by atoms with Crippen LogP contribution in [0.2, 0.25) is 0 Å². The number of carbonyl (C=O) groups is 3. The van der Waals surface area contributed by atoms with Crippen LogP contribution >= 0.6 is 11.8 Å². The second kappa shape index (κ2) is 11.5. The number of nitro benzene ring substituents is 1. The van der Waals surface area contributed by atoms with E-state index in [-0.39, 0.29) is 18.0 Å². The van der Waals surface area contributed by atoms with Crippen LogP contribution in [0, 0.1) is 10.1 Å². The summed E-state index contributed by atoms with van der Waals surface area (Å²) in [5.41, 5.74) is 1.82. The molecule has 1 fully saturated rings. The van der Waals surface area contributed by atoms with E-state index in [9.17, 15) is 24.5 Å². The molecule has 2 aromatic carbocycles. The van der Waals surface area contributed by atoms with Gasteiger partial charge in [-0.3, -0.25) is 29.6 Å². The quantitative estimate of drug-likeness (QED) is 0.155. The molecule has 38 heavy (non-hydrogen) atoms. The minimum atomic E-state index is -0.745. The Kier molecular flexibility index (Phi) is 8.10. The molecule has 3 atom stereocenters. The van der Waals surface area contributed by atoms with Crippen molar-refractivity contribution in [3.8, 4) is 5.75 Å². The molecule has 0 spiro atoms. The number of benzene rings is 2. The summed E-state index contributed by atoms with van der Waals surface area (Å²) in [6.07, 6.45) is 0.743. The van der Waals surface area contributed by atoms with E-state index < -0.39 is 40.3 Å². The van der Waals surface area contributed by atoms with Crippen molar-refractivity contribution >= 4 is 41.5 Å². The Morgan fingerprint density at radius 2 is 1.89 bits per heavy atom. The summed E-state index contributed by atoms with van der Waals surface area (Å²) in [5, 5.41) is 10.4. The molecule has 1 saturated heterocycles. The van der Waals surface area contributed by atoms with Crippen LogP contribution in [-0.2, 0) is 30.5 Å². The van der Waals surface area contributed by atoms with Crippen LogP contribution < -0.4 is 4.74 Å². The number of thioether (sulfide) groups is 1. The first-order valence-electron chi connectivity index (χ1n) is 11.6. The third-order valence-electron chi connectivity index (χ3n) is 6.01. The summed E-state index contributed by atoms with van der Waals surface area (Å²) in [7, 11) is 1.55. The summed E-state index contributed by atoms with van der Waals surface area (Å²) in [4.78, 5) is 54.1. The van der Waals surface area contributed by atoms with Gasteiger partial charge in [0.15, 0.2) is 6.04 Å². The Morgan fingerprint density at radius 1 is 1.21 bits per heavy atom. The molecular weight excluding hydrogens is 514 g/mol. The van der Waals surface area contributed by atoms with Crippen LogP contribution in [0.3, 0.4) is 0 Å². The maximum atomic E-state index is 13.3. The van der Waals surface area contributed by atoms with Crippen molar-refractivity contribution in [1.82, 2.24) is 4.90 Å². The van der Waals surface area contributed by atoms with E-state index in [2.05, 4.69) is 4.99 Å². The molecule has 2 heterocycles. The van der Waals surface area contributed by atoms with Gasteiger partial charge in [0.05, 0.1) is 12.0 Å². The molecule has 198 valence electrons. The third-order valence-corrected chi connectivity index (χ3v) is 7.30. The van der Waals surface area contributed by atoms with Crippen LogP contribution in [0.1, 0.15) is 25.0 Å². The Hall–Kier alpha value is -4.19. The second-order valence-electron chi connectivity index (χ2n) is 8.53. The number of aliphatic imine (C=N–C) groups is 1. The van der Waals surface area contributed by atoms with Gasteiger partial charge in [-0.15, -0.1) is 11.8 Å². The Morgan fingerprint density at radius 3 is 2.50 bits per heavy atom. The molecule has 0 aliphatic carbocycles. The van der Waals surface area contributed by atoms with E-state index in [0.29, 0.717) is 22.6 Å². The van der Waals surface area contributed by atoms with E-state index in [1.807, 2.05) is 0 Å². The maximum absolute atomic E-state index is 13.3. The molecule has 0 bridgehead atoms. The smallest absolute Gasteiger partial charge is 0.355 e. The molecule has 4 rings (SSSR count). The molecule has 1 amide bonds. The molecule has 0 aromatic heterocycles. The first kappa shape index (κ1) is 26.9. The summed E-state index contributed by atoms with van der Waals surface area (Å²) < 4.78 is 16.0. The summed E-state index contributed by atoms with van der Waals surface area (Å²) >= 11 is 1.40. The summed E-state index contributed by atoms with van der Waals surface area (Å²) in [5.74, 6) is -0.613. The molecule has 2 aliphatic heterocycles. The van der Waals surface area contributed by atoms with E-state index in [1.54, 1.807) is 38.3 Å². The monoisotopic (exact) mass is 539 g/mol. The number of amides is 1. The average Bonchev–Trinajstić information content (AvgIpc) is 2.91. The number of hydrogen-bond donors (Lipinski definition) is 0. The third kappa shape index (κ3) is 5.70. The van der Waals surface area contributed by atoms with Crippen LogP contribution in [0.25, 0.3) is 0 Å². The largest absolute Gasteiger partial charge is 0.497 e. The zero-order valence-electron chi connectivity index (χ0n) is 20.9. The van der Waals surface area contributed by atoms with Crippen LogP contribution in [-0.4, -0.2) is 64.3 Å². The highest BCUT2D eigenvalue weighted by Gasteiger charge is 2.54. The predicted octanol–water partition coefficient (Wildman–Crippen LogP) is 3.26. The molecule has 12 heteroatoms. The number of nitrogens with zero attached hydrogens (tertiary/aromatic N) is 3. The lowest BCUT2D eigenvalue weighted by atomic mass is 10.0. The summed E-state index contributed by atoms with van der Waals surface area (Å²) in [6.45, 7) is 2.89. The fourth-order valence-electron chi connectivity index (χ4n) is 4.03. The van der Waals surface area contributed by atoms with Gasteiger partial charge in [-0.1, -0.05) is 12.1 Å². The van der Waals surface area contributed by atoms with Crippen molar-refractivity contribution in [2.24, 2.45) is 4.99 Å². The Bertz CT molecular complexity index is 1310. The van der Waals surface area contributed by atoms with Gasteiger partial charge in [0, 0.05) is 36.6 Å². The van der Waals surface area contributed by atoms with Gasteiger partial charge in [-0.25, -0.2) is 4.79 Å².